The lowest BCUT2D eigenvalue weighted by Crippen LogP contribution is -2.02. The standard InChI is InChI=1S/C12H12N2O.H2/c1-2-9-4-3-7-13-12(9)10-5-6-11(15)14-8-10;/h3-8H,2H2,1H3,(H,14,15);1H. The maximum absolute atomic E-state index is 10.9. The molecule has 15 heavy (non-hydrogen) atoms. The van der Waals surface area contributed by atoms with E-state index >= 15 is 0 Å². The van der Waals surface area contributed by atoms with E-state index in [4.69, 9.17) is 0 Å². The smallest absolute Gasteiger partial charge is 0.247 e. The van der Waals surface area contributed by atoms with Gasteiger partial charge in [0.15, 0.2) is 0 Å². The first kappa shape index (κ1) is 9.65. The van der Waals surface area contributed by atoms with Gasteiger partial charge in [-0.1, -0.05) is 13.0 Å². The first-order valence-electron chi connectivity index (χ1n) is 4.94. The highest BCUT2D eigenvalue weighted by Gasteiger charge is 2.03. The lowest BCUT2D eigenvalue weighted by molar-refractivity contribution is 1.10. The number of aromatic amines is 1. The van der Waals surface area contributed by atoms with Gasteiger partial charge >= 0.3 is 0 Å². The molecule has 0 amide bonds. The van der Waals surface area contributed by atoms with E-state index in [0.29, 0.717) is 0 Å². The molecule has 0 unspecified atom stereocenters. The number of H-pyrrole nitrogens is 1. The Morgan fingerprint density at radius 2 is 2.27 bits per heavy atom. The van der Waals surface area contributed by atoms with Crippen molar-refractivity contribution in [2.45, 2.75) is 13.3 Å². The first-order chi connectivity index (χ1) is 7.31. The number of rotatable bonds is 2. The Labute approximate surface area is 89.3 Å². The maximum atomic E-state index is 10.9. The molecule has 3 nitrogen and oxygen atoms in total. The van der Waals surface area contributed by atoms with Gasteiger partial charge in [0, 0.05) is 25.5 Å². The van der Waals surface area contributed by atoms with Crippen molar-refractivity contribution in [3.63, 3.8) is 0 Å². The predicted molar refractivity (Wildman–Crippen MR) is 61.8 cm³/mol. The molecule has 1 N–H and O–H groups in total. The van der Waals surface area contributed by atoms with Gasteiger partial charge in [0.25, 0.3) is 0 Å². The number of aromatic nitrogens is 2. The second-order valence-corrected chi connectivity index (χ2v) is 3.31. The molecule has 0 fully saturated rings. The summed E-state index contributed by atoms with van der Waals surface area (Å²) in [6.45, 7) is 2.09. The number of hydrogen-bond acceptors (Lipinski definition) is 2. The minimum Gasteiger partial charge on any atom is -0.328 e. The number of nitrogens with zero attached hydrogens (tertiary/aromatic N) is 1. The first-order valence-corrected chi connectivity index (χ1v) is 4.94. The molecule has 2 rings (SSSR count). The quantitative estimate of drug-likeness (QED) is 0.811. The van der Waals surface area contributed by atoms with E-state index in [9.17, 15) is 4.79 Å². The summed E-state index contributed by atoms with van der Waals surface area (Å²) >= 11 is 0. The zero-order valence-electron chi connectivity index (χ0n) is 8.53. The molecule has 0 radical (unpaired) electrons. The predicted octanol–water partition coefficient (Wildman–Crippen LogP) is 2.25. The summed E-state index contributed by atoms with van der Waals surface area (Å²) in [6, 6.07) is 7.28. The average molecular weight is 202 g/mol. The summed E-state index contributed by atoms with van der Waals surface area (Å²) in [4.78, 5) is 17.9. The van der Waals surface area contributed by atoms with Gasteiger partial charge in [-0.3, -0.25) is 9.78 Å². The van der Waals surface area contributed by atoms with E-state index in [1.807, 2.05) is 12.1 Å². The van der Waals surface area contributed by atoms with Crippen LogP contribution in [0.1, 0.15) is 13.9 Å². The lowest BCUT2D eigenvalue weighted by Gasteiger charge is -2.05. The van der Waals surface area contributed by atoms with Crippen molar-refractivity contribution >= 4 is 0 Å². The van der Waals surface area contributed by atoms with Crippen LogP contribution in [0.5, 0.6) is 0 Å². The van der Waals surface area contributed by atoms with Crippen LogP contribution >= 0.6 is 0 Å². The van der Waals surface area contributed by atoms with Crippen LogP contribution < -0.4 is 5.56 Å². The Bertz CT molecular complexity index is 502. The van der Waals surface area contributed by atoms with Crippen molar-refractivity contribution in [3.8, 4) is 11.3 Å². The molecule has 0 saturated carbocycles. The molecule has 0 saturated heterocycles. The van der Waals surface area contributed by atoms with Gasteiger partial charge in [0.1, 0.15) is 0 Å². The van der Waals surface area contributed by atoms with E-state index in [2.05, 4.69) is 16.9 Å². The minimum atomic E-state index is -0.0901. The lowest BCUT2D eigenvalue weighted by atomic mass is 10.1. The van der Waals surface area contributed by atoms with E-state index < -0.39 is 0 Å². The number of hydrogen-bond donors (Lipinski definition) is 1. The van der Waals surface area contributed by atoms with Crippen molar-refractivity contribution < 1.29 is 1.43 Å². The fourth-order valence-electron chi connectivity index (χ4n) is 1.54. The van der Waals surface area contributed by atoms with Gasteiger partial charge in [0.2, 0.25) is 5.56 Å². The molecule has 0 aliphatic rings. The SMILES string of the molecule is CCc1cccnc1-c1ccc(=O)[nH]c1.[HH]. The Morgan fingerprint density at radius 3 is 2.93 bits per heavy atom. The Hall–Kier alpha value is -1.90. The molecule has 0 aromatic carbocycles. The van der Waals surface area contributed by atoms with E-state index in [-0.39, 0.29) is 6.99 Å². The number of aryl methyl sites for hydroxylation is 1. The fourth-order valence-corrected chi connectivity index (χ4v) is 1.54. The maximum Gasteiger partial charge on any atom is 0.247 e. The van der Waals surface area contributed by atoms with Crippen molar-refractivity contribution in [2.24, 2.45) is 0 Å². The average Bonchev–Trinajstić information content (AvgIpc) is 2.30. The normalized spacial score (nSPS) is 10.2. The number of pyridine rings is 2. The highest BCUT2D eigenvalue weighted by atomic mass is 16.1. The van der Waals surface area contributed by atoms with Crippen LogP contribution in [-0.4, -0.2) is 9.97 Å². The van der Waals surface area contributed by atoms with Crippen LogP contribution in [0.15, 0.2) is 41.5 Å². The Morgan fingerprint density at radius 1 is 1.40 bits per heavy atom. The van der Waals surface area contributed by atoms with Crippen LogP contribution in [0.2, 0.25) is 0 Å². The largest absolute Gasteiger partial charge is 0.328 e. The molecule has 3 heteroatoms. The third kappa shape index (κ3) is 1.96. The molecule has 2 aromatic heterocycles. The molecule has 0 spiro atoms. The molecular weight excluding hydrogens is 188 g/mol. The van der Waals surface area contributed by atoms with Crippen LogP contribution in [0, 0.1) is 0 Å². The highest BCUT2D eigenvalue weighted by molar-refractivity contribution is 5.61. The van der Waals surface area contributed by atoms with Crippen LogP contribution in [0.25, 0.3) is 11.3 Å². The molecule has 0 aliphatic carbocycles. The summed E-state index contributed by atoms with van der Waals surface area (Å²) in [5.41, 5.74) is 2.99. The van der Waals surface area contributed by atoms with E-state index in [1.54, 1.807) is 18.5 Å². The van der Waals surface area contributed by atoms with Gasteiger partial charge in [-0.05, 0) is 24.1 Å². The third-order valence-corrected chi connectivity index (χ3v) is 2.33. The summed E-state index contributed by atoms with van der Waals surface area (Å²) in [6.07, 6.45) is 4.39. The molecule has 78 valence electrons. The van der Waals surface area contributed by atoms with Crippen molar-refractivity contribution in [3.05, 3.63) is 52.6 Å². The zero-order chi connectivity index (χ0) is 10.7. The van der Waals surface area contributed by atoms with Gasteiger partial charge in [-0.15, -0.1) is 0 Å². The Balaban J connectivity index is 0.00000128. The van der Waals surface area contributed by atoms with Crippen molar-refractivity contribution in [1.82, 2.24) is 9.97 Å². The summed E-state index contributed by atoms with van der Waals surface area (Å²) in [7, 11) is 0. The fraction of sp³-hybridized carbons (Fsp3) is 0.167. The highest BCUT2D eigenvalue weighted by Crippen LogP contribution is 2.19. The molecule has 2 heterocycles. The van der Waals surface area contributed by atoms with E-state index in [1.165, 1.54) is 11.6 Å². The van der Waals surface area contributed by atoms with Gasteiger partial charge in [0.05, 0.1) is 5.69 Å². The van der Waals surface area contributed by atoms with Gasteiger partial charge in [-0.2, -0.15) is 0 Å². The summed E-state index contributed by atoms with van der Waals surface area (Å²) < 4.78 is 0. The number of nitrogens with one attached hydrogen (secondary N) is 1. The second kappa shape index (κ2) is 4.09. The van der Waals surface area contributed by atoms with Gasteiger partial charge < -0.3 is 4.98 Å². The van der Waals surface area contributed by atoms with Gasteiger partial charge in [-0.25, -0.2) is 0 Å². The Kier molecular flexibility index (Phi) is 2.63. The van der Waals surface area contributed by atoms with Crippen molar-refractivity contribution in [1.29, 1.82) is 0 Å². The van der Waals surface area contributed by atoms with Crippen LogP contribution in [0.4, 0.5) is 0 Å². The molecule has 0 atom stereocenters. The molecule has 0 aliphatic heterocycles. The van der Waals surface area contributed by atoms with Crippen LogP contribution in [0.3, 0.4) is 0 Å². The van der Waals surface area contributed by atoms with Crippen molar-refractivity contribution in [2.75, 3.05) is 0 Å². The minimum absolute atomic E-state index is 0. The molecule has 2 aromatic rings. The monoisotopic (exact) mass is 202 g/mol. The summed E-state index contributed by atoms with van der Waals surface area (Å²) in [5.74, 6) is 0. The van der Waals surface area contributed by atoms with Crippen LogP contribution in [-0.2, 0) is 6.42 Å². The molecular formula is C12H14N2O. The second-order valence-electron chi connectivity index (χ2n) is 3.31. The zero-order valence-corrected chi connectivity index (χ0v) is 8.53. The summed E-state index contributed by atoms with van der Waals surface area (Å²) in [5, 5.41) is 0. The third-order valence-electron chi connectivity index (χ3n) is 2.33. The molecule has 0 bridgehead atoms. The van der Waals surface area contributed by atoms with E-state index in [0.717, 1.165) is 17.7 Å². The topological polar surface area (TPSA) is 45.8 Å².